The third kappa shape index (κ3) is 5.09. The van der Waals surface area contributed by atoms with Crippen LogP contribution in [-0.2, 0) is 11.3 Å². The van der Waals surface area contributed by atoms with Gasteiger partial charge in [0.05, 0.1) is 7.11 Å². The Hall–Kier alpha value is -2.82. The Morgan fingerprint density at radius 2 is 1.74 bits per heavy atom. The van der Waals surface area contributed by atoms with E-state index in [9.17, 15) is 4.79 Å². The summed E-state index contributed by atoms with van der Waals surface area (Å²) in [5.74, 6) is 0.537. The Morgan fingerprint density at radius 3 is 2.48 bits per heavy atom. The summed E-state index contributed by atoms with van der Waals surface area (Å²) >= 11 is 6.24. The number of methoxy groups -OCH3 is 1. The van der Waals surface area contributed by atoms with Gasteiger partial charge in [-0.25, -0.2) is 0 Å². The molecule has 2 N–H and O–H groups in total. The summed E-state index contributed by atoms with van der Waals surface area (Å²) in [7, 11) is 1.60. The van der Waals surface area contributed by atoms with Crippen LogP contribution >= 0.6 is 11.6 Å². The quantitative estimate of drug-likeness (QED) is 0.618. The number of carbonyl (C=O) groups is 1. The Labute approximate surface area is 164 Å². The summed E-state index contributed by atoms with van der Waals surface area (Å²) in [5, 5.41) is 6.94. The standard InChI is InChI=1S/C22H21ClN2O2/c1-27-19-12-7-11-18(14-19)25-22(26)21(16-8-3-2-4-9-16)24-15-17-10-5-6-13-20(17)23/h2-14,21,24H,15H2,1H3,(H,25,26)/t21-/m0/s1. The SMILES string of the molecule is COc1cccc(NC(=O)[C@@H](NCc2ccccc2Cl)c2ccccc2)c1. The van der Waals surface area contributed by atoms with Gasteiger partial charge in [-0.15, -0.1) is 0 Å². The molecular weight excluding hydrogens is 360 g/mol. The zero-order valence-corrected chi connectivity index (χ0v) is 15.7. The first-order chi connectivity index (χ1) is 13.2. The van der Waals surface area contributed by atoms with Crippen LogP contribution in [-0.4, -0.2) is 13.0 Å². The number of amides is 1. The molecule has 0 unspecified atom stereocenters. The molecule has 0 aliphatic carbocycles. The van der Waals surface area contributed by atoms with Gasteiger partial charge in [0, 0.05) is 23.3 Å². The van der Waals surface area contributed by atoms with Gasteiger partial charge in [-0.05, 0) is 29.3 Å². The molecular formula is C22H21ClN2O2. The summed E-state index contributed by atoms with van der Waals surface area (Å²) in [4.78, 5) is 13.0. The molecule has 0 bridgehead atoms. The fourth-order valence-corrected chi connectivity index (χ4v) is 2.98. The fourth-order valence-electron chi connectivity index (χ4n) is 2.78. The number of hydrogen-bond donors (Lipinski definition) is 2. The summed E-state index contributed by atoms with van der Waals surface area (Å²) < 4.78 is 5.22. The second kappa shape index (κ2) is 9.21. The van der Waals surface area contributed by atoms with E-state index in [1.807, 2.05) is 72.8 Å². The zero-order chi connectivity index (χ0) is 19.1. The van der Waals surface area contributed by atoms with Crippen molar-refractivity contribution >= 4 is 23.2 Å². The van der Waals surface area contributed by atoms with Crippen LogP contribution in [0.4, 0.5) is 5.69 Å². The third-order valence-corrected chi connectivity index (χ3v) is 4.56. The number of anilines is 1. The molecule has 4 nitrogen and oxygen atoms in total. The highest BCUT2D eigenvalue weighted by molar-refractivity contribution is 6.31. The molecule has 0 aliphatic rings. The van der Waals surface area contributed by atoms with Crippen molar-refractivity contribution in [3.05, 3.63) is 95.0 Å². The van der Waals surface area contributed by atoms with Crippen molar-refractivity contribution in [2.24, 2.45) is 0 Å². The number of carbonyl (C=O) groups excluding carboxylic acids is 1. The van der Waals surface area contributed by atoms with Crippen LogP contribution in [0.3, 0.4) is 0 Å². The van der Waals surface area contributed by atoms with E-state index < -0.39 is 6.04 Å². The maximum atomic E-state index is 13.0. The molecule has 1 amide bonds. The normalized spacial score (nSPS) is 11.6. The fraction of sp³-hybridized carbons (Fsp3) is 0.136. The molecule has 27 heavy (non-hydrogen) atoms. The monoisotopic (exact) mass is 380 g/mol. The van der Waals surface area contributed by atoms with Gasteiger partial charge in [-0.2, -0.15) is 0 Å². The third-order valence-electron chi connectivity index (χ3n) is 4.19. The molecule has 0 aromatic heterocycles. The average molecular weight is 381 g/mol. The van der Waals surface area contributed by atoms with Gasteiger partial charge in [-0.1, -0.05) is 66.2 Å². The summed E-state index contributed by atoms with van der Waals surface area (Å²) in [6.45, 7) is 0.477. The first-order valence-corrected chi connectivity index (χ1v) is 9.02. The Bertz CT molecular complexity index is 900. The van der Waals surface area contributed by atoms with Gasteiger partial charge in [-0.3, -0.25) is 10.1 Å². The van der Waals surface area contributed by atoms with E-state index in [1.165, 1.54) is 0 Å². The van der Waals surface area contributed by atoms with Crippen LogP contribution < -0.4 is 15.4 Å². The maximum absolute atomic E-state index is 13.0. The molecule has 0 radical (unpaired) electrons. The second-order valence-electron chi connectivity index (χ2n) is 6.04. The average Bonchev–Trinajstić information content (AvgIpc) is 2.70. The number of hydrogen-bond acceptors (Lipinski definition) is 3. The molecule has 3 aromatic rings. The molecule has 0 aliphatic heterocycles. The van der Waals surface area contributed by atoms with Crippen molar-refractivity contribution in [1.82, 2.24) is 5.32 Å². The van der Waals surface area contributed by atoms with E-state index in [1.54, 1.807) is 13.2 Å². The van der Waals surface area contributed by atoms with Crippen molar-refractivity contribution in [1.29, 1.82) is 0 Å². The Kier molecular flexibility index (Phi) is 6.47. The lowest BCUT2D eigenvalue weighted by Gasteiger charge is -2.19. The van der Waals surface area contributed by atoms with Crippen molar-refractivity contribution in [3.63, 3.8) is 0 Å². The molecule has 0 heterocycles. The highest BCUT2D eigenvalue weighted by Crippen LogP contribution is 2.21. The molecule has 0 fully saturated rings. The van der Waals surface area contributed by atoms with E-state index in [-0.39, 0.29) is 5.91 Å². The van der Waals surface area contributed by atoms with E-state index >= 15 is 0 Å². The van der Waals surface area contributed by atoms with Crippen LogP contribution in [0.1, 0.15) is 17.2 Å². The number of nitrogens with one attached hydrogen (secondary N) is 2. The number of ether oxygens (including phenoxy) is 1. The van der Waals surface area contributed by atoms with E-state index in [0.29, 0.717) is 23.0 Å². The highest BCUT2D eigenvalue weighted by atomic mass is 35.5. The number of halogens is 1. The lowest BCUT2D eigenvalue weighted by molar-refractivity contribution is -0.118. The topological polar surface area (TPSA) is 50.4 Å². The molecule has 3 rings (SSSR count). The van der Waals surface area contributed by atoms with Crippen molar-refractivity contribution < 1.29 is 9.53 Å². The van der Waals surface area contributed by atoms with Crippen molar-refractivity contribution in [2.75, 3.05) is 12.4 Å². The summed E-state index contributed by atoms with van der Waals surface area (Å²) in [5.41, 5.74) is 2.50. The smallest absolute Gasteiger partial charge is 0.246 e. The van der Waals surface area contributed by atoms with Gasteiger partial charge >= 0.3 is 0 Å². The van der Waals surface area contributed by atoms with Gasteiger partial charge < -0.3 is 10.1 Å². The second-order valence-corrected chi connectivity index (χ2v) is 6.44. The summed E-state index contributed by atoms with van der Waals surface area (Å²) in [6.07, 6.45) is 0. The lowest BCUT2D eigenvalue weighted by Crippen LogP contribution is -2.32. The van der Waals surface area contributed by atoms with Crippen LogP contribution in [0.15, 0.2) is 78.9 Å². The first-order valence-electron chi connectivity index (χ1n) is 8.64. The van der Waals surface area contributed by atoms with Crippen molar-refractivity contribution in [3.8, 4) is 5.75 Å². The molecule has 0 saturated carbocycles. The van der Waals surface area contributed by atoms with Crippen LogP contribution in [0.25, 0.3) is 0 Å². The van der Waals surface area contributed by atoms with Crippen LogP contribution in [0.2, 0.25) is 5.02 Å². The minimum Gasteiger partial charge on any atom is -0.497 e. The van der Waals surface area contributed by atoms with E-state index in [2.05, 4.69) is 10.6 Å². The predicted octanol–water partition coefficient (Wildman–Crippen LogP) is 4.82. The Balaban J connectivity index is 1.79. The number of rotatable bonds is 7. The molecule has 138 valence electrons. The lowest BCUT2D eigenvalue weighted by atomic mass is 10.1. The minimum atomic E-state index is -0.520. The number of benzene rings is 3. The first kappa shape index (κ1) is 19.0. The Morgan fingerprint density at radius 1 is 1.00 bits per heavy atom. The zero-order valence-electron chi connectivity index (χ0n) is 15.0. The van der Waals surface area contributed by atoms with Crippen LogP contribution in [0.5, 0.6) is 5.75 Å². The summed E-state index contributed by atoms with van der Waals surface area (Å²) in [6, 6.07) is 24.0. The predicted molar refractivity (Wildman–Crippen MR) is 109 cm³/mol. The largest absolute Gasteiger partial charge is 0.497 e. The van der Waals surface area contributed by atoms with E-state index in [4.69, 9.17) is 16.3 Å². The molecule has 5 heteroatoms. The van der Waals surface area contributed by atoms with Crippen LogP contribution in [0, 0.1) is 0 Å². The highest BCUT2D eigenvalue weighted by Gasteiger charge is 2.20. The maximum Gasteiger partial charge on any atom is 0.246 e. The molecule has 1 atom stereocenters. The van der Waals surface area contributed by atoms with Crippen molar-refractivity contribution in [2.45, 2.75) is 12.6 Å². The molecule has 0 spiro atoms. The minimum absolute atomic E-state index is 0.151. The molecule has 3 aromatic carbocycles. The van der Waals surface area contributed by atoms with E-state index in [0.717, 1.165) is 11.1 Å². The van der Waals surface area contributed by atoms with Gasteiger partial charge in [0.1, 0.15) is 11.8 Å². The molecule has 0 saturated heterocycles. The van der Waals surface area contributed by atoms with Gasteiger partial charge in [0.25, 0.3) is 0 Å². The van der Waals surface area contributed by atoms with Gasteiger partial charge in [0.2, 0.25) is 5.91 Å². The van der Waals surface area contributed by atoms with Gasteiger partial charge in [0.15, 0.2) is 0 Å².